The zero-order valence-corrected chi connectivity index (χ0v) is 88.7. The molecule has 40 heteroatoms. The van der Waals surface area contributed by atoms with Gasteiger partial charge in [0.25, 0.3) is 35.4 Å². The van der Waals surface area contributed by atoms with Gasteiger partial charge in [-0.1, -0.05) is 82.1 Å². The standard InChI is InChI=1S/2C18H29N5O2.C18H31N5O2.2C18H28N4O2.C17H23N5O2/c2*1-10-6-7-13(8-15(10)24)22-17-14(16(19)25)9-20-18(23-17)21-11(2)12-4-3-5-12;1-10-6-7-12(8-14(10)24)22-16-13(15(19)25)9-20-17(23-16)21-11(2)18(3,4)5;2*1-18(2,11-6-7-11)9-15-14(16(19)24)10-20-17(22-15)21-12-4-3-5-13(23)8-12;18-12(23)11-8-19-14(20-13(11)21-16-5-10(6-16)7-16)22-15-1-3-17(24,9-15)4-2-15/h2*9-13,15,24H,3-8H2,1-2H3,(H2,19,25)(H2,20,21,22,23);9-12,14,24H,6-8H2,1-5H3,(H2,19,25)(H2,20,21,22,23);2*10-13,23H,3-9H2,1-2H3,(H2,19,24)(H,20,21,22);8,10,24H,1-7,9H2,(H2,18,23)(H2,19,20,21,22)/t10-,11+,13-,15-;10-,11-,13-,15-;10-,11-,12-,14-;12-,13+;12-,13-;/m11100./s1. The minimum atomic E-state index is -0.567. The van der Waals surface area contributed by atoms with Crippen molar-refractivity contribution in [1.29, 1.82) is 0 Å². The average Bonchev–Trinajstić information content (AvgIpc) is 0.895. The second kappa shape index (κ2) is 47.9. The van der Waals surface area contributed by atoms with E-state index in [2.05, 4.69) is 203 Å². The van der Waals surface area contributed by atoms with Crippen molar-refractivity contribution in [3.05, 3.63) is 81.9 Å². The van der Waals surface area contributed by atoms with Crippen LogP contribution in [0.25, 0.3) is 0 Å². The molecule has 14 aliphatic rings. The smallest absolute Gasteiger partial charge is 0.254 e. The second-order valence-corrected chi connectivity index (χ2v) is 48.1. The first-order valence-electron chi connectivity index (χ1n) is 54.3. The van der Waals surface area contributed by atoms with Crippen molar-refractivity contribution in [2.24, 2.45) is 98.0 Å². The van der Waals surface area contributed by atoms with Gasteiger partial charge in [-0.3, -0.25) is 28.8 Å². The van der Waals surface area contributed by atoms with E-state index >= 15 is 0 Å². The Bertz CT molecular complexity index is 5280. The van der Waals surface area contributed by atoms with Crippen LogP contribution in [0.4, 0.5) is 59.0 Å². The van der Waals surface area contributed by atoms with Gasteiger partial charge in [0.2, 0.25) is 35.7 Å². The lowest BCUT2D eigenvalue weighted by molar-refractivity contribution is 0.00176. The molecule has 6 amide bonds. The molecule has 0 aromatic carbocycles. The summed E-state index contributed by atoms with van der Waals surface area (Å²) in [5, 5.41) is 93.6. The number of nitrogens with zero attached hydrogens (tertiary/aromatic N) is 12. The van der Waals surface area contributed by atoms with Crippen LogP contribution in [0.5, 0.6) is 0 Å². The number of carbonyl (C=O) groups excluding carboxylic acids is 6. The number of anilines is 10. The van der Waals surface area contributed by atoms with Gasteiger partial charge in [0.1, 0.15) is 23.3 Å². The minimum Gasteiger partial charge on any atom is -0.393 e. The lowest BCUT2D eigenvalue weighted by Gasteiger charge is -2.62. The van der Waals surface area contributed by atoms with Gasteiger partial charge in [0.05, 0.1) is 80.9 Å². The van der Waals surface area contributed by atoms with E-state index < -0.39 is 41.0 Å². The van der Waals surface area contributed by atoms with Gasteiger partial charge in [0.15, 0.2) is 0 Å². The van der Waals surface area contributed by atoms with Gasteiger partial charge < -0.3 is 118 Å². The number of aliphatic hydroxyl groups is 6. The minimum absolute atomic E-state index is 0.0446. The zero-order valence-electron chi connectivity index (χ0n) is 88.7. The number of hydrogen-bond donors (Lipinski definition) is 22. The molecule has 808 valence electrons. The summed E-state index contributed by atoms with van der Waals surface area (Å²) in [4.78, 5) is 123. The molecule has 6 aromatic heterocycles. The molecule has 147 heavy (non-hydrogen) atoms. The van der Waals surface area contributed by atoms with Gasteiger partial charge >= 0.3 is 0 Å². The molecule has 16 atom stereocenters. The SMILES string of the molecule is CC(C)(Cc1nc(N[C@H]2CCC[C@@H](O)C2)ncc1C(N)=O)C1CC1.CC(C)(Cc1nc(N[C@H]2CCC[C@H](O)C2)ncc1C(N)=O)C1CC1.C[C@@H]1CC[C@@H](Nc2nc(N[C@H](C)C(C)(C)C)ncc2C(N)=O)C[C@H]1O.C[C@@H]1CC[C@@H](Nc2nc(N[C@H](C)C3CCC3)ncc2C(N)=O)C[C@H]1O.C[C@H](Nc1ncc(C(N)=O)c(N[C@@H]2CC[C@@H](C)[C@H](O)C2)n1)C1CCC1.NC(=O)c1cnc(NC23CCC(O)(CC2)C3)nc1NC12CC(C1)C2. The van der Waals surface area contributed by atoms with Crippen LogP contribution in [0.2, 0.25) is 0 Å². The summed E-state index contributed by atoms with van der Waals surface area (Å²) in [5.41, 5.74) is 36.1. The summed E-state index contributed by atoms with van der Waals surface area (Å²) < 4.78 is 0. The van der Waals surface area contributed by atoms with E-state index in [-0.39, 0.29) is 111 Å². The first-order valence-corrected chi connectivity index (χ1v) is 54.3. The summed E-state index contributed by atoms with van der Waals surface area (Å²) in [7, 11) is 0. The first kappa shape index (κ1) is 112. The van der Waals surface area contributed by atoms with Crippen molar-refractivity contribution in [1.82, 2.24) is 59.8 Å². The van der Waals surface area contributed by atoms with Crippen LogP contribution in [0.1, 0.15) is 388 Å². The fourth-order valence-corrected chi connectivity index (χ4v) is 22.7. The van der Waals surface area contributed by atoms with Crippen molar-refractivity contribution in [3.8, 4) is 0 Å². The van der Waals surface area contributed by atoms with E-state index in [1.54, 1.807) is 0 Å². The Balaban J connectivity index is 0.000000139. The lowest BCUT2D eigenvalue weighted by atomic mass is 9.50. The summed E-state index contributed by atoms with van der Waals surface area (Å²) in [6.07, 6.45) is 43.8. The summed E-state index contributed by atoms with van der Waals surface area (Å²) >= 11 is 0. The van der Waals surface area contributed by atoms with Crippen LogP contribution in [0, 0.1) is 63.6 Å². The number of nitrogens with one attached hydrogen (secondary N) is 10. The largest absolute Gasteiger partial charge is 0.393 e. The molecule has 20 rings (SSSR count). The molecule has 14 aliphatic carbocycles. The van der Waals surface area contributed by atoms with Crippen LogP contribution in [0.3, 0.4) is 0 Å². The average molecular weight is 2040 g/mol. The quantitative estimate of drug-likeness (QED) is 0.0178. The van der Waals surface area contributed by atoms with E-state index in [9.17, 15) is 59.4 Å². The van der Waals surface area contributed by atoms with Crippen LogP contribution in [-0.2, 0) is 12.8 Å². The summed E-state index contributed by atoms with van der Waals surface area (Å²) in [6, 6.07) is 1.34. The third-order valence-electron chi connectivity index (χ3n) is 34.2. The number of fused-ring (bicyclic) bond motifs is 2. The maximum Gasteiger partial charge on any atom is 0.254 e. The predicted molar refractivity (Wildman–Crippen MR) is 568 cm³/mol. The highest BCUT2D eigenvalue weighted by molar-refractivity contribution is 6.00. The topological polar surface area (TPSA) is 655 Å². The Hall–Kier alpha value is -10.9. The lowest BCUT2D eigenvalue weighted by Crippen LogP contribution is -2.63. The Labute approximate surface area is 865 Å². The predicted octanol–water partition coefficient (Wildman–Crippen LogP) is 12.6. The van der Waals surface area contributed by atoms with Gasteiger partial charge in [-0.2, -0.15) is 19.9 Å². The van der Waals surface area contributed by atoms with Gasteiger partial charge in [-0.05, 0) is 309 Å². The molecule has 14 saturated carbocycles. The number of amides is 6. The van der Waals surface area contributed by atoms with Gasteiger partial charge in [-0.15, -0.1) is 0 Å². The highest BCUT2D eigenvalue weighted by Gasteiger charge is 2.58. The Morgan fingerprint density at radius 3 is 0.980 bits per heavy atom. The zero-order chi connectivity index (χ0) is 106. The molecule has 0 aliphatic heterocycles. The fraction of sp³-hybridized carbons (Fsp3) is 0.720. The van der Waals surface area contributed by atoms with E-state index in [1.165, 1.54) is 101 Å². The van der Waals surface area contributed by atoms with E-state index in [1.807, 2.05) is 0 Å². The molecule has 14 fully saturated rings. The molecule has 4 bridgehead atoms. The second-order valence-electron chi connectivity index (χ2n) is 48.1. The Kier molecular flexibility index (Phi) is 36.4. The highest BCUT2D eigenvalue weighted by Crippen LogP contribution is 2.59. The number of rotatable bonds is 34. The maximum absolute atomic E-state index is 11.7. The van der Waals surface area contributed by atoms with E-state index in [0.29, 0.717) is 161 Å². The number of aromatic nitrogens is 12. The van der Waals surface area contributed by atoms with Crippen LogP contribution in [-0.4, -0.2) is 221 Å². The van der Waals surface area contributed by atoms with Crippen molar-refractivity contribution in [3.63, 3.8) is 0 Å². The number of carbonyl (C=O) groups is 6. The monoisotopic (exact) mass is 2040 g/mol. The molecule has 40 nitrogen and oxygen atoms in total. The summed E-state index contributed by atoms with van der Waals surface area (Å²) in [6.45, 7) is 27.8. The van der Waals surface area contributed by atoms with Crippen LogP contribution < -0.4 is 87.6 Å². The third kappa shape index (κ3) is 30.3. The highest BCUT2D eigenvalue weighted by atomic mass is 16.3. The molecular formula is C107H168N28O12. The number of aliphatic hydroxyl groups excluding tert-OH is 5. The maximum atomic E-state index is 11.7. The van der Waals surface area contributed by atoms with E-state index in [0.717, 1.165) is 159 Å². The third-order valence-corrected chi connectivity index (χ3v) is 34.2. The van der Waals surface area contributed by atoms with Gasteiger partial charge in [-0.25, -0.2) is 39.9 Å². The van der Waals surface area contributed by atoms with Crippen molar-refractivity contribution >= 4 is 94.4 Å². The number of primary amides is 6. The van der Waals surface area contributed by atoms with Gasteiger partial charge in [0, 0.05) is 96.6 Å². The molecule has 28 N–H and O–H groups in total. The molecule has 6 aromatic rings. The van der Waals surface area contributed by atoms with Crippen molar-refractivity contribution in [2.75, 3.05) is 53.2 Å². The fourth-order valence-electron chi connectivity index (χ4n) is 22.7. The van der Waals surface area contributed by atoms with E-state index in [4.69, 9.17) is 34.4 Å². The Morgan fingerprint density at radius 2 is 0.680 bits per heavy atom. The normalized spacial score (nSPS) is 28.6. The number of nitrogens with two attached hydrogens (primary N) is 6. The molecular weight excluding hydrogens is 1870 g/mol. The molecule has 0 unspecified atom stereocenters. The van der Waals surface area contributed by atoms with Crippen LogP contribution in [0.15, 0.2) is 37.2 Å². The van der Waals surface area contributed by atoms with Crippen LogP contribution >= 0.6 is 0 Å². The van der Waals surface area contributed by atoms with Crippen molar-refractivity contribution < 1.29 is 59.4 Å². The first-order chi connectivity index (χ1) is 69.5. The summed E-state index contributed by atoms with van der Waals surface area (Å²) in [5.74, 6) is 6.25. The molecule has 0 saturated heterocycles. The Morgan fingerprint density at radius 1 is 0.361 bits per heavy atom. The van der Waals surface area contributed by atoms with Crippen molar-refractivity contribution in [2.45, 2.75) is 423 Å². The molecule has 6 heterocycles. The number of hydrogen-bond acceptors (Lipinski definition) is 34. The molecule has 0 spiro atoms. The molecule has 0 radical (unpaired) electrons.